The van der Waals surface area contributed by atoms with Crippen LogP contribution in [-0.2, 0) is 14.8 Å². The molecule has 4 N–H and O–H groups in total. The van der Waals surface area contributed by atoms with Crippen molar-refractivity contribution in [2.24, 2.45) is 5.14 Å². The van der Waals surface area contributed by atoms with E-state index in [-0.39, 0.29) is 22.3 Å². The summed E-state index contributed by atoms with van der Waals surface area (Å²) >= 11 is 0. The van der Waals surface area contributed by atoms with Crippen molar-refractivity contribution in [1.29, 1.82) is 0 Å². The second kappa shape index (κ2) is 5.36. The van der Waals surface area contributed by atoms with Crippen LogP contribution in [0.2, 0.25) is 0 Å². The summed E-state index contributed by atoms with van der Waals surface area (Å²) in [6.07, 6.45) is 0.328. The van der Waals surface area contributed by atoms with Gasteiger partial charge in [-0.1, -0.05) is 6.92 Å². The van der Waals surface area contributed by atoms with Crippen LogP contribution < -0.4 is 10.9 Å². The molecule has 0 saturated heterocycles. The van der Waals surface area contributed by atoms with Crippen molar-refractivity contribution >= 4 is 21.7 Å². The van der Waals surface area contributed by atoms with Gasteiger partial charge in [0.15, 0.2) is 0 Å². The highest BCUT2D eigenvalue weighted by Gasteiger charge is 2.21. The van der Waals surface area contributed by atoms with Gasteiger partial charge >= 0.3 is 5.97 Å². The third-order valence-corrected chi connectivity index (χ3v) is 3.37. The van der Waals surface area contributed by atoms with Crippen LogP contribution in [0.15, 0.2) is 23.1 Å². The van der Waals surface area contributed by atoms with E-state index in [0.29, 0.717) is 6.42 Å². The molecule has 0 aromatic heterocycles. The lowest BCUT2D eigenvalue weighted by atomic mass is 10.2. The number of carbonyl (C=O) groups is 1. The number of nitrogen functional groups attached to an aromatic ring is 1. The second-order valence-electron chi connectivity index (χ2n) is 3.92. The van der Waals surface area contributed by atoms with Gasteiger partial charge in [-0.15, -0.1) is 0 Å². The first-order valence-corrected chi connectivity index (χ1v) is 6.93. The standard InChI is InChI=1S/C11H16N2O4S/c1-3-7(2)17-11(14)9-5-4-8(12)6-10(9)18(13,15)16/h4-7H,3,12H2,1-2H3,(H2,13,15,16). The molecule has 0 amide bonds. The number of sulfonamides is 1. The molecule has 0 saturated carbocycles. The number of hydrogen-bond donors (Lipinski definition) is 2. The molecule has 0 aliphatic carbocycles. The predicted octanol–water partition coefficient (Wildman–Crippen LogP) is 0.872. The lowest BCUT2D eigenvalue weighted by Gasteiger charge is -2.13. The van der Waals surface area contributed by atoms with Gasteiger partial charge in [-0.25, -0.2) is 18.4 Å². The summed E-state index contributed by atoms with van der Waals surface area (Å²) in [7, 11) is -4.02. The summed E-state index contributed by atoms with van der Waals surface area (Å²) in [6.45, 7) is 3.56. The number of benzene rings is 1. The molecular weight excluding hydrogens is 256 g/mol. The highest BCUT2D eigenvalue weighted by Crippen LogP contribution is 2.19. The van der Waals surface area contributed by atoms with Crippen molar-refractivity contribution in [3.8, 4) is 0 Å². The minimum Gasteiger partial charge on any atom is -0.459 e. The third-order valence-electron chi connectivity index (χ3n) is 2.42. The molecule has 0 fully saturated rings. The van der Waals surface area contributed by atoms with Crippen molar-refractivity contribution in [2.45, 2.75) is 31.3 Å². The topological polar surface area (TPSA) is 112 Å². The summed E-state index contributed by atoms with van der Waals surface area (Å²) in [4.78, 5) is 11.5. The molecular formula is C11H16N2O4S. The van der Waals surface area contributed by atoms with Crippen LogP contribution in [-0.4, -0.2) is 20.5 Å². The fourth-order valence-corrected chi connectivity index (χ4v) is 2.03. The molecule has 0 heterocycles. The zero-order valence-electron chi connectivity index (χ0n) is 10.2. The molecule has 0 bridgehead atoms. The lowest BCUT2D eigenvalue weighted by Crippen LogP contribution is -2.20. The van der Waals surface area contributed by atoms with Gasteiger partial charge in [-0.05, 0) is 31.5 Å². The Bertz CT molecular complexity index is 554. The molecule has 1 rings (SSSR count). The number of hydrogen-bond acceptors (Lipinski definition) is 5. The molecule has 0 spiro atoms. The van der Waals surface area contributed by atoms with Crippen LogP contribution >= 0.6 is 0 Å². The van der Waals surface area contributed by atoms with E-state index in [4.69, 9.17) is 15.6 Å². The van der Waals surface area contributed by atoms with Crippen molar-refractivity contribution in [1.82, 2.24) is 0 Å². The van der Waals surface area contributed by atoms with Crippen molar-refractivity contribution in [3.05, 3.63) is 23.8 Å². The predicted molar refractivity (Wildman–Crippen MR) is 67.4 cm³/mol. The van der Waals surface area contributed by atoms with Crippen LogP contribution in [0.1, 0.15) is 30.6 Å². The fraction of sp³-hybridized carbons (Fsp3) is 0.364. The summed E-state index contributed by atoms with van der Waals surface area (Å²) in [5.74, 6) is -0.728. The molecule has 0 aliphatic heterocycles. The molecule has 0 aliphatic rings. The van der Waals surface area contributed by atoms with E-state index < -0.39 is 16.0 Å². The summed E-state index contributed by atoms with van der Waals surface area (Å²) in [5.41, 5.74) is 5.58. The lowest BCUT2D eigenvalue weighted by molar-refractivity contribution is 0.0330. The fourth-order valence-electron chi connectivity index (χ4n) is 1.27. The number of nitrogens with two attached hydrogens (primary N) is 2. The van der Waals surface area contributed by atoms with Gasteiger partial charge < -0.3 is 10.5 Å². The quantitative estimate of drug-likeness (QED) is 0.623. The van der Waals surface area contributed by atoms with Crippen LogP contribution in [0.5, 0.6) is 0 Å². The van der Waals surface area contributed by atoms with Gasteiger partial charge in [-0.3, -0.25) is 0 Å². The Hall–Kier alpha value is -1.60. The molecule has 1 aromatic carbocycles. The van der Waals surface area contributed by atoms with Crippen LogP contribution in [0.25, 0.3) is 0 Å². The molecule has 1 unspecified atom stereocenters. The second-order valence-corrected chi connectivity index (χ2v) is 5.45. The van der Waals surface area contributed by atoms with E-state index in [1.54, 1.807) is 6.92 Å². The van der Waals surface area contributed by atoms with Crippen LogP contribution in [0, 0.1) is 0 Å². The van der Waals surface area contributed by atoms with Gasteiger partial charge in [0.2, 0.25) is 10.0 Å². The van der Waals surface area contributed by atoms with Crippen molar-refractivity contribution in [3.63, 3.8) is 0 Å². The Morgan fingerprint density at radius 1 is 1.44 bits per heavy atom. The highest BCUT2D eigenvalue weighted by molar-refractivity contribution is 7.89. The zero-order chi connectivity index (χ0) is 13.9. The minimum absolute atomic E-state index is 0.105. The van der Waals surface area contributed by atoms with Gasteiger partial charge in [0.05, 0.1) is 16.6 Å². The first kappa shape index (κ1) is 14.5. The van der Waals surface area contributed by atoms with Gasteiger partial charge in [0.1, 0.15) is 0 Å². The molecule has 7 heteroatoms. The first-order valence-electron chi connectivity index (χ1n) is 5.39. The van der Waals surface area contributed by atoms with Crippen LogP contribution in [0.3, 0.4) is 0 Å². The largest absolute Gasteiger partial charge is 0.459 e. The third kappa shape index (κ3) is 3.44. The molecule has 1 aromatic rings. The normalized spacial score (nSPS) is 13.1. The molecule has 18 heavy (non-hydrogen) atoms. The van der Waals surface area contributed by atoms with Gasteiger partial charge in [-0.2, -0.15) is 0 Å². The zero-order valence-corrected chi connectivity index (χ0v) is 11.0. The summed E-state index contributed by atoms with van der Waals surface area (Å²) in [6, 6.07) is 3.85. The van der Waals surface area contributed by atoms with Gasteiger partial charge in [0.25, 0.3) is 0 Å². The maximum absolute atomic E-state index is 11.8. The van der Waals surface area contributed by atoms with E-state index in [1.165, 1.54) is 12.1 Å². The Kier molecular flexibility index (Phi) is 4.31. The first-order chi connectivity index (χ1) is 8.25. The molecule has 1 atom stereocenters. The number of anilines is 1. The number of rotatable bonds is 4. The Morgan fingerprint density at radius 3 is 2.56 bits per heavy atom. The number of ether oxygens (including phenoxy) is 1. The smallest absolute Gasteiger partial charge is 0.339 e. The maximum atomic E-state index is 11.8. The Morgan fingerprint density at radius 2 is 2.06 bits per heavy atom. The number of esters is 1. The maximum Gasteiger partial charge on any atom is 0.339 e. The highest BCUT2D eigenvalue weighted by atomic mass is 32.2. The van der Waals surface area contributed by atoms with E-state index in [9.17, 15) is 13.2 Å². The van der Waals surface area contributed by atoms with Crippen LogP contribution in [0.4, 0.5) is 5.69 Å². The molecule has 0 radical (unpaired) electrons. The molecule has 6 nitrogen and oxygen atoms in total. The van der Waals surface area contributed by atoms with Crippen molar-refractivity contribution in [2.75, 3.05) is 5.73 Å². The van der Waals surface area contributed by atoms with E-state index in [0.717, 1.165) is 6.07 Å². The average Bonchev–Trinajstić information content (AvgIpc) is 2.27. The monoisotopic (exact) mass is 272 g/mol. The average molecular weight is 272 g/mol. The number of carbonyl (C=O) groups excluding carboxylic acids is 1. The Balaban J connectivity index is 3.21. The van der Waals surface area contributed by atoms with Crippen molar-refractivity contribution < 1.29 is 17.9 Å². The van der Waals surface area contributed by atoms with E-state index in [1.807, 2.05) is 6.92 Å². The SMILES string of the molecule is CCC(C)OC(=O)c1ccc(N)cc1S(N)(=O)=O. The minimum atomic E-state index is -4.02. The summed E-state index contributed by atoms with van der Waals surface area (Å²) < 4.78 is 27.8. The van der Waals surface area contributed by atoms with Gasteiger partial charge in [0, 0.05) is 5.69 Å². The summed E-state index contributed by atoms with van der Waals surface area (Å²) in [5, 5.41) is 5.04. The van der Waals surface area contributed by atoms with E-state index >= 15 is 0 Å². The number of primary sulfonamides is 1. The van der Waals surface area contributed by atoms with E-state index in [2.05, 4.69) is 0 Å². The molecule has 100 valence electrons. The Labute approximate surface area is 106 Å².